The Morgan fingerprint density at radius 1 is 1.05 bits per heavy atom. The highest BCUT2D eigenvalue weighted by atomic mass is 35.5. The lowest BCUT2D eigenvalue weighted by molar-refractivity contribution is -0.0209. The molecule has 2 amide bonds. The number of likely N-dealkylation sites (N-methyl/N-ethyl adjacent to an activating group) is 1. The fourth-order valence-corrected chi connectivity index (χ4v) is 5.33. The highest BCUT2D eigenvalue weighted by Gasteiger charge is 2.31. The number of nitrogens with zero attached hydrogens (tertiary/aromatic N) is 2. The van der Waals surface area contributed by atoms with E-state index in [2.05, 4.69) is 0 Å². The lowest BCUT2D eigenvalue weighted by Crippen LogP contribution is -2.47. The fraction of sp³-hybridized carbons (Fsp3) is 0.333. The van der Waals surface area contributed by atoms with Gasteiger partial charge in [0.2, 0.25) is 0 Å². The molecule has 1 N–H and O–H groups in total. The molecule has 3 aromatic carbocycles. The van der Waals surface area contributed by atoms with Gasteiger partial charge < -0.3 is 19.6 Å². The standard InChI is InChI=1S/C30H32Cl2N2O4/c1-19-15-34(20(2)17-35)30(37)27-11-7-6-10-26(27)25-9-5-4-8-21(25)18-38-28(19)16-33(3)29(36)22-12-23(31)14-24(32)13-22/h4-14,19-20,28,35H,15-18H2,1-3H3/t19-,20-,28-/m1/s1. The van der Waals surface area contributed by atoms with E-state index in [1.165, 1.54) is 0 Å². The van der Waals surface area contributed by atoms with Crippen molar-refractivity contribution in [3.8, 4) is 11.1 Å². The monoisotopic (exact) mass is 554 g/mol. The first-order chi connectivity index (χ1) is 18.2. The van der Waals surface area contributed by atoms with E-state index < -0.39 is 12.1 Å². The van der Waals surface area contributed by atoms with Gasteiger partial charge in [0.15, 0.2) is 0 Å². The van der Waals surface area contributed by atoms with Crippen molar-refractivity contribution in [2.75, 3.05) is 26.7 Å². The maximum Gasteiger partial charge on any atom is 0.254 e. The summed E-state index contributed by atoms with van der Waals surface area (Å²) in [7, 11) is 1.71. The average Bonchev–Trinajstić information content (AvgIpc) is 2.93. The zero-order valence-corrected chi connectivity index (χ0v) is 23.2. The second-order valence-electron chi connectivity index (χ2n) is 9.86. The van der Waals surface area contributed by atoms with E-state index in [-0.39, 0.29) is 30.9 Å². The summed E-state index contributed by atoms with van der Waals surface area (Å²) < 4.78 is 6.48. The van der Waals surface area contributed by atoms with Crippen LogP contribution >= 0.6 is 23.2 Å². The average molecular weight is 556 g/mol. The summed E-state index contributed by atoms with van der Waals surface area (Å²) in [5, 5.41) is 10.8. The van der Waals surface area contributed by atoms with Crippen molar-refractivity contribution in [1.29, 1.82) is 0 Å². The summed E-state index contributed by atoms with van der Waals surface area (Å²) in [5.74, 6) is -0.532. The largest absolute Gasteiger partial charge is 0.394 e. The van der Waals surface area contributed by atoms with Crippen LogP contribution in [0.5, 0.6) is 0 Å². The Morgan fingerprint density at radius 2 is 1.66 bits per heavy atom. The SMILES string of the molecule is C[C@@H]1CN([C@H](C)CO)C(=O)c2ccccc2-c2ccccc2CO[C@@H]1CN(C)C(=O)c1cc(Cl)cc(Cl)c1. The highest BCUT2D eigenvalue weighted by molar-refractivity contribution is 6.35. The van der Waals surface area contributed by atoms with Gasteiger partial charge in [-0.3, -0.25) is 9.59 Å². The summed E-state index contributed by atoms with van der Waals surface area (Å²) in [6.45, 7) is 4.61. The minimum Gasteiger partial charge on any atom is -0.394 e. The van der Waals surface area contributed by atoms with Gasteiger partial charge in [-0.15, -0.1) is 0 Å². The van der Waals surface area contributed by atoms with Gasteiger partial charge in [0.05, 0.1) is 25.4 Å². The van der Waals surface area contributed by atoms with E-state index in [0.717, 1.165) is 16.7 Å². The number of fused-ring (bicyclic) bond motifs is 3. The Kier molecular flexibility index (Phi) is 9.11. The van der Waals surface area contributed by atoms with Crippen molar-refractivity contribution in [3.05, 3.63) is 93.5 Å². The van der Waals surface area contributed by atoms with E-state index in [1.807, 2.05) is 62.4 Å². The summed E-state index contributed by atoms with van der Waals surface area (Å²) in [5.41, 5.74) is 3.66. The molecular formula is C30H32Cl2N2O4. The van der Waals surface area contributed by atoms with Crippen molar-refractivity contribution in [3.63, 3.8) is 0 Å². The van der Waals surface area contributed by atoms with Crippen LogP contribution in [0, 0.1) is 5.92 Å². The first-order valence-corrected chi connectivity index (χ1v) is 13.4. The molecule has 0 bridgehead atoms. The van der Waals surface area contributed by atoms with Crippen molar-refractivity contribution >= 4 is 35.0 Å². The molecule has 0 spiro atoms. The molecular weight excluding hydrogens is 523 g/mol. The Bertz CT molecular complexity index is 1290. The van der Waals surface area contributed by atoms with E-state index in [9.17, 15) is 14.7 Å². The number of carbonyl (C=O) groups is 2. The molecule has 1 aliphatic rings. The molecule has 0 saturated carbocycles. The van der Waals surface area contributed by atoms with Crippen LogP contribution in [-0.4, -0.2) is 65.6 Å². The summed E-state index contributed by atoms with van der Waals surface area (Å²) in [4.78, 5) is 30.4. The van der Waals surface area contributed by atoms with E-state index in [0.29, 0.717) is 34.3 Å². The van der Waals surface area contributed by atoms with Crippen molar-refractivity contribution in [2.24, 2.45) is 5.92 Å². The van der Waals surface area contributed by atoms with Gasteiger partial charge in [-0.25, -0.2) is 0 Å². The summed E-state index contributed by atoms with van der Waals surface area (Å²) in [6.07, 6.45) is -0.394. The zero-order chi connectivity index (χ0) is 27.4. The number of halogens is 2. The molecule has 4 rings (SSSR count). The zero-order valence-electron chi connectivity index (χ0n) is 21.7. The first kappa shape index (κ1) is 28.1. The second-order valence-corrected chi connectivity index (χ2v) is 10.7. The predicted molar refractivity (Wildman–Crippen MR) is 151 cm³/mol. The maximum atomic E-state index is 13.9. The predicted octanol–water partition coefficient (Wildman–Crippen LogP) is 5.79. The smallest absolute Gasteiger partial charge is 0.254 e. The van der Waals surface area contributed by atoms with Gasteiger partial charge in [-0.2, -0.15) is 0 Å². The molecule has 0 aromatic heterocycles. The van der Waals surface area contributed by atoms with Crippen LogP contribution in [0.4, 0.5) is 0 Å². The van der Waals surface area contributed by atoms with E-state index in [1.54, 1.807) is 35.0 Å². The first-order valence-electron chi connectivity index (χ1n) is 12.6. The number of aliphatic hydroxyl groups excluding tert-OH is 1. The Balaban J connectivity index is 1.70. The maximum absolute atomic E-state index is 13.9. The van der Waals surface area contributed by atoms with Gasteiger partial charge in [0.25, 0.3) is 11.8 Å². The number of aliphatic hydroxyl groups is 1. The van der Waals surface area contributed by atoms with Crippen molar-refractivity contribution in [1.82, 2.24) is 9.80 Å². The molecule has 200 valence electrons. The molecule has 6 nitrogen and oxygen atoms in total. The number of carbonyl (C=O) groups excluding carboxylic acids is 2. The van der Waals surface area contributed by atoms with Crippen LogP contribution < -0.4 is 0 Å². The van der Waals surface area contributed by atoms with Crippen LogP contribution in [0.1, 0.15) is 40.1 Å². The molecule has 8 heteroatoms. The molecule has 1 aliphatic heterocycles. The van der Waals surface area contributed by atoms with Gasteiger partial charge in [-0.1, -0.05) is 72.6 Å². The van der Waals surface area contributed by atoms with E-state index in [4.69, 9.17) is 27.9 Å². The van der Waals surface area contributed by atoms with Gasteiger partial charge in [0, 0.05) is 47.2 Å². The Labute approximate surface area is 233 Å². The lowest BCUT2D eigenvalue weighted by Gasteiger charge is -2.35. The molecule has 1 heterocycles. The third-order valence-electron chi connectivity index (χ3n) is 7.00. The number of ether oxygens (including phenoxy) is 1. The number of rotatable bonds is 5. The Hall–Kier alpha value is -2.90. The lowest BCUT2D eigenvalue weighted by atomic mass is 9.94. The van der Waals surface area contributed by atoms with E-state index >= 15 is 0 Å². The number of hydrogen-bond acceptors (Lipinski definition) is 4. The third-order valence-corrected chi connectivity index (χ3v) is 7.44. The van der Waals surface area contributed by atoms with Crippen molar-refractivity contribution < 1.29 is 19.4 Å². The second kappa shape index (κ2) is 12.3. The molecule has 0 aliphatic carbocycles. The van der Waals surface area contributed by atoms with Gasteiger partial charge in [0.1, 0.15) is 0 Å². The molecule has 0 unspecified atom stereocenters. The number of benzene rings is 3. The highest BCUT2D eigenvalue weighted by Crippen LogP contribution is 2.31. The molecule has 3 atom stereocenters. The summed E-state index contributed by atoms with van der Waals surface area (Å²) >= 11 is 12.2. The normalized spacial score (nSPS) is 18.7. The van der Waals surface area contributed by atoms with Crippen LogP contribution in [-0.2, 0) is 11.3 Å². The van der Waals surface area contributed by atoms with Crippen LogP contribution in [0.2, 0.25) is 10.0 Å². The molecule has 0 radical (unpaired) electrons. The van der Waals surface area contributed by atoms with Crippen molar-refractivity contribution in [2.45, 2.75) is 32.6 Å². The molecule has 0 saturated heterocycles. The Morgan fingerprint density at radius 3 is 2.32 bits per heavy atom. The van der Waals surface area contributed by atoms with Gasteiger partial charge in [-0.05, 0) is 47.9 Å². The minimum absolute atomic E-state index is 0.149. The summed E-state index contributed by atoms with van der Waals surface area (Å²) in [6, 6.07) is 19.8. The fourth-order valence-electron chi connectivity index (χ4n) is 4.80. The van der Waals surface area contributed by atoms with Crippen LogP contribution in [0.15, 0.2) is 66.7 Å². The molecule has 3 aromatic rings. The topological polar surface area (TPSA) is 70.1 Å². The molecule has 0 fully saturated rings. The third kappa shape index (κ3) is 6.21. The van der Waals surface area contributed by atoms with Gasteiger partial charge >= 0.3 is 0 Å². The number of hydrogen-bond donors (Lipinski definition) is 1. The number of amides is 2. The molecule has 38 heavy (non-hydrogen) atoms. The minimum atomic E-state index is -0.400. The van der Waals surface area contributed by atoms with Crippen LogP contribution in [0.3, 0.4) is 0 Å². The van der Waals surface area contributed by atoms with Crippen LogP contribution in [0.25, 0.3) is 11.1 Å². The quantitative estimate of drug-likeness (QED) is 0.433.